The van der Waals surface area contributed by atoms with Crippen molar-refractivity contribution < 1.29 is 8.78 Å². The second-order valence-electron chi connectivity index (χ2n) is 11.6. The van der Waals surface area contributed by atoms with Crippen molar-refractivity contribution in [2.75, 3.05) is 0 Å². The van der Waals surface area contributed by atoms with Gasteiger partial charge >= 0.3 is 0 Å². The van der Waals surface area contributed by atoms with Crippen molar-refractivity contribution >= 4 is 0 Å². The van der Waals surface area contributed by atoms with E-state index < -0.39 is 5.41 Å². The van der Waals surface area contributed by atoms with Crippen molar-refractivity contribution in [1.29, 1.82) is 0 Å². The van der Waals surface area contributed by atoms with Crippen LogP contribution >= 0.6 is 0 Å². The standard InChI is InChI=1S/C33H30F2/c1-31(2)19-33(27-25(31)17-15-23(29(27)34)21-11-7-5-8-12-21)20-32(3,4)26-18-16-24(30(35)28(26)33)22-13-9-6-10-14-22/h5-18H,19-20H2,1-4H3. The van der Waals surface area contributed by atoms with Crippen LogP contribution in [-0.4, -0.2) is 0 Å². The van der Waals surface area contributed by atoms with Gasteiger partial charge in [0.15, 0.2) is 0 Å². The predicted molar refractivity (Wildman–Crippen MR) is 140 cm³/mol. The maximum Gasteiger partial charge on any atom is 0.135 e. The topological polar surface area (TPSA) is 0 Å². The van der Waals surface area contributed by atoms with E-state index in [0.29, 0.717) is 35.1 Å². The van der Waals surface area contributed by atoms with E-state index >= 15 is 8.78 Å². The lowest BCUT2D eigenvalue weighted by Crippen LogP contribution is -2.28. The molecule has 2 aliphatic rings. The molecule has 0 bridgehead atoms. The van der Waals surface area contributed by atoms with E-state index in [0.717, 1.165) is 22.3 Å². The van der Waals surface area contributed by atoms with E-state index in [2.05, 4.69) is 39.8 Å². The Morgan fingerprint density at radius 3 is 1.26 bits per heavy atom. The molecule has 0 heterocycles. The summed E-state index contributed by atoms with van der Waals surface area (Å²) in [5, 5.41) is 0. The molecule has 0 amide bonds. The number of fused-ring (bicyclic) bond motifs is 4. The fraction of sp³-hybridized carbons (Fsp3) is 0.273. The minimum absolute atomic E-state index is 0.201. The molecule has 4 aromatic rings. The molecule has 0 aliphatic heterocycles. The van der Waals surface area contributed by atoms with Crippen LogP contribution in [0.15, 0.2) is 84.9 Å². The molecule has 0 unspecified atom stereocenters. The van der Waals surface area contributed by atoms with E-state index in [1.807, 2.05) is 72.8 Å². The zero-order chi connectivity index (χ0) is 24.6. The highest BCUT2D eigenvalue weighted by Crippen LogP contribution is 2.64. The van der Waals surface area contributed by atoms with Gasteiger partial charge in [0.25, 0.3) is 0 Å². The van der Waals surface area contributed by atoms with Gasteiger partial charge in [-0.15, -0.1) is 0 Å². The molecule has 2 heteroatoms. The summed E-state index contributed by atoms with van der Waals surface area (Å²) in [5.74, 6) is -0.403. The third kappa shape index (κ3) is 3.08. The van der Waals surface area contributed by atoms with Crippen LogP contribution in [0.1, 0.15) is 62.8 Å². The molecule has 4 aromatic carbocycles. The third-order valence-corrected chi connectivity index (χ3v) is 8.36. The molecule has 0 fully saturated rings. The van der Waals surface area contributed by atoms with Crippen molar-refractivity contribution in [3.8, 4) is 22.3 Å². The van der Waals surface area contributed by atoms with Gasteiger partial charge in [-0.05, 0) is 45.9 Å². The van der Waals surface area contributed by atoms with Crippen LogP contribution in [0.2, 0.25) is 0 Å². The number of halogens is 2. The maximum absolute atomic E-state index is 16.7. The molecule has 2 aliphatic carbocycles. The molecule has 35 heavy (non-hydrogen) atoms. The lowest BCUT2D eigenvalue weighted by Gasteiger charge is -2.31. The van der Waals surface area contributed by atoms with Crippen LogP contribution in [0, 0.1) is 11.6 Å². The Hall–Kier alpha value is -3.26. The number of hydrogen-bond acceptors (Lipinski definition) is 0. The second-order valence-corrected chi connectivity index (χ2v) is 11.6. The fourth-order valence-electron chi connectivity index (χ4n) is 7.14. The molecule has 0 aromatic heterocycles. The molecule has 0 saturated carbocycles. The SMILES string of the molecule is CC1(C)CC2(CC(C)(C)c3ccc(-c4ccccc4)c(F)c32)c2c1ccc(-c1ccccc1)c2F. The van der Waals surface area contributed by atoms with Crippen molar-refractivity contribution in [3.63, 3.8) is 0 Å². The summed E-state index contributed by atoms with van der Waals surface area (Å²) in [6.45, 7) is 8.69. The van der Waals surface area contributed by atoms with Crippen molar-refractivity contribution in [2.45, 2.75) is 56.8 Å². The average molecular weight is 465 g/mol. The smallest absolute Gasteiger partial charge is 0.135 e. The second kappa shape index (κ2) is 7.37. The fourth-order valence-corrected chi connectivity index (χ4v) is 7.14. The van der Waals surface area contributed by atoms with Gasteiger partial charge in [-0.25, -0.2) is 8.78 Å². The van der Waals surface area contributed by atoms with Crippen LogP contribution in [0.5, 0.6) is 0 Å². The molecule has 0 nitrogen and oxygen atoms in total. The molecule has 6 rings (SSSR count). The minimum Gasteiger partial charge on any atom is -0.206 e. The van der Waals surface area contributed by atoms with Crippen molar-refractivity contribution in [2.24, 2.45) is 0 Å². The summed E-state index contributed by atoms with van der Waals surface area (Å²) in [6.07, 6.45) is 1.38. The quantitative estimate of drug-likeness (QED) is 0.278. The molecule has 0 atom stereocenters. The number of rotatable bonds is 2. The zero-order valence-corrected chi connectivity index (χ0v) is 20.8. The first-order chi connectivity index (χ1) is 16.7. The van der Waals surface area contributed by atoms with Crippen LogP contribution in [0.25, 0.3) is 22.3 Å². The highest BCUT2D eigenvalue weighted by molar-refractivity contribution is 5.73. The molecular weight excluding hydrogens is 434 g/mol. The van der Waals surface area contributed by atoms with E-state index in [1.165, 1.54) is 0 Å². The highest BCUT2D eigenvalue weighted by atomic mass is 19.1. The summed E-state index contributed by atoms with van der Waals surface area (Å²) >= 11 is 0. The van der Waals surface area contributed by atoms with Crippen molar-refractivity contribution in [1.82, 2.24) is 0 Å². The summed E-state index contributed by atoms with van der Waals surface area (Å²) in [7, 11) is 0. The summed E-state index contributed by atoms with van der Waals surface area (Å²) < 4.78 is 33.4. The zero-order valence-electron chi connectivity index (χ0n) is 20.8. The van der Waals surface area contributed by atoms with E-state index in [1.54, 1.807) is 0 Å². The Labute approximate surface area is 206 Å². The first-order valence-corrected chi connectivity index (χ1v) is 12.4. The molecule has 0 radical (unpaired) electrons. The van der Waals surface area contributed by atoms with Gasteiger partial charge < -0.3 is 0 Å². The third-order valence-electron chi connectivity index (χ3n) is 8.36. The Balaban J connectivity index is 1.67. The van der Waals surface area contributed by atoms with Gasteiger partial charge in [0.05, 0.1) is 0 Å². The van der Waals surface area contributed by atoms with E-state index in [9.17, 15) is 0 Å². The van der Waals surface area contributed by atoms with Crippen LogP contribution in [0.4, 0.5) is 8.78 Å². The molecule has 0 saturated heterocycles. The Morgan fingerprint density at radius 2 is 0.886 bits per heavy atom. The predicted octanol–water partition coefficient (Wildman–Crippen LogP) is 8.95. The number of hydrogen-bond donors (Lipinski definition) is 0. The largest absolute Gasteiger partial charge is 0.206 e. The highest BCUT2D eigenvalue weighted by Gasteiger charge is 2.59. The van der Waals surface area contributed by atoms with Gasteiger partial charge in [-0.2, -0.15) is 0 Å². The van der Waals surface area contributed by atoms with Gasteiger partial charge in [0.2, 0.25) is 0 Å². The maximum atomic E-state index is 16.7. The Morgan fingerprint density at radius 1 is 0.514 bits per heavy atom. The van der Waals surface area contributed by atoms with Gasteiger partial charge in [-0.3, -0.25) is 0 Å². The van der Waals surface area contributed by atoms with Gasteiger partial charge in [0.1, 0.15) is 11.6 Å². The van der Waals surface area contributed by atoms with Crippen LogP contribution in [-0.2, 0) is 16.2 Å². The van der Waals surface area contributed by atoms with Crippen molar-refractivity contribution in [3.05, 3.63) is 119 Å². The molecular formula is C33H30F2. The monoisotopic (exact) mass is 464 g/mol. The first-order valence-electron chi connectivity index (χ1n) is 12.4. The van der Waals surface area contributed by atoms with E-state index in [-0.39, 0.29) is 22.5 Å². The Kier molecular flexibility index (Phi) is 4.68. The van der Waals surface area contributed by atoms with Crippen LogP contribution in [0.3, 0.4) is 0 Å². The lowest BCUT2D eigenvalue weighted by atomic mass is 9.71. The average Bonchev–Trinajstić information content (AvgIpc) is 3.20. The molecule has 1 spiro atoms. The van der Waals surface area contributed by atoms with E-state index in [4.69, 9.17) is 0 Å². The molecule has 176 valence electrons. The minimum atomic E-state index is -0.707. The lowest BCUT2D eigenvalue weighted by molar-refractivity contribution is 0.339. The summed E-state index contributed by atoms with van der Waals surface area (Å²) in [6, 6.07) is 27.4. The summed E-state index contributed by atoms with van der Waals surface area (Å²) in [4.78, 5) is 0. The normalized spacial score (nSPS) is 18.5. The Bertz CT molecular complexity index is 1330. The molecule has 0 N–H and O–H groups in total. The first kappa shape index (κ1) is 22.2. The number of benzene rings is 4. The van der Waals surface area contributed by atoms with Gasteiger partial charge in [0, 0.05) is 27.7 Å². The van der Waals surface area contributed by atoms with Crippen LogP contribution < -0.4 is 0 Å². The van der Waals surface area contributed by atoms with Gasteiger partial charge in [-0.1, -0.05) is 113 Å². The summed E-state index contributed by atoms with van der Waals surface area (Å²) in [5.41, 5.74) is 5.04.